The minimum atomic E-state index is -1.04. The Hall–Kier alpha value is -2.82. The van der Waals surface area contributed by atoms with E-state index in [1.807, 2.05) is 6.92 Å². The molecule has 2 aromatic carbocycles. The number of ether oxygens (including phenoxy) is 1. The molecule has 0 spiro atoms. The molecule has 0 unspecified atom stereocenters. The zero-order valence-electron chi connectivity index (χ0n) is 12.2. The Morgan fingerprint density at radius 1 is 1.09 bits per heavy atom. The van der Waals surface area contributed by atoms with Crippen molar-refractivity contribution >= 4 is 17.6 Å². The third kappa shape index (κ3) is 4.09. The minimum absolute atomic E-state index is 0.123. The summed E-state index contributed by atoms with van der Waals surface area (Å²) in [5, 5.41) is 11.6. The van der Waals surface area contributed by atoms with Gasteiger partial charge in [0.1, 0.15) is 5.75 Å². The Balaban J connectivity index is 2.12. The van der Waals surface area contributed by atoms with E-state index in [1.54, 1.807) is 36.4 Å². The largest absolute Gasteiger partial charge is 0.494 e. The minimum Gasteiger partial charge on any atom is -0.494 e. The number of anilines is 1. The zero-order valence-corrected chi connectivity index (χ0v) is 12.2. The first kappa shape index (κ1) is 15.6. The highest BCUT2D eigenvalue weighted by molar-refractivity contribution is 6.05. The van der Waals surface area contributed by atoms with E-state index in [0.29, 0.717) is 23.6 Å². The van der Waals surface area contributed by atoms with Gasteiger partial charge in [-0.05, 0) is 42.8 Å². The highest BCUT2D eigenvalue weighted by Gasteiger charge is 2.09. The highest BCUT2D eigenvalue weighted by Crippen LogP contribution is 2.16. The van der Waals surface area contributed by atoms with Crippen LogP contribution in [0, 0.1) is 0 Å². The van der Waals surface area contributed by atoms with E-state index in [4.69, 9.17) is 9.84 Å². The number of carboxylic acid groups (broad SMARTS) is 1. The number of carboxylic acids is 1. The standard InChI is InChI=1S/C17H17NO4/c1-2-9-22-15-8-4-5-12(11-15)16(19)18-14-7-3-6-13(10-14)17(20)21/h3-8,10-11H,2,9H2,1H3,(H,18,19)(H,20,21). The van der Waals surface area contributed by atoms with Crippen LogP contribution in [0.15, 0.2) is 48.5 Å². The molecule has 0 heterocycles. The van der Waals surface area contributed by atoms with Crippen molar-refractivity contribution < 1.29 is 19.4 Å². The van der Waals surface area contributed by atoms with Crippen LogP contribution in [0.1, 0.15) is 34.1 Å². The van der Waals surface area contributed by atoms with Gasteiger partial charge in [0.05, 0.1) is 12.2 Å². The second-order valence-electron chi connectivity index (χ2n) is 4.72. The summed E-state index contributed by atoms with van der Waals surface area (Å²) in [6.45, 7) is 2.59. The quantitative estimate of drug-likeness (QED) is 0.857. The zero-order chi connectivity index (χ0) is 15.9. The first-order chi connectivity index (χ1) is 10.6. The van der Waals surface area contributed by atoms with Crippen LogP contribution in [0.5, 0.6) is 5.75 Å². The van der Waals surface area contributed by atoms with Crippen molar-refractivity contribution in [1.29, 1.82) is 0 Å². The molecule has 0 aliphatic heterocycles. The van der Waals surface area contributed by atoms with Crippen molar-refractivity contribution in [3.8, 4) is 5.75 Å². The van der Waals surface area contributed by atoms with Gasteiger partial charge in [-0.15, -0.1) is 0 Å². The second-order valence-corrected chi connectivity index (χ2v) is 4.72. The molecular weight excluding hydrogens is 282 g/mol. The van der Waals surface area contributed by atoms with Gasteiger partial charge in [-0.2, -0.15) is 0 Å². The summed E-state index contributed by atoms with van der Waals surface area (Å²) in [6.07, 6.45) is 0.887. The summed E-state index contributed by atoms with van der Waals surface area (Å²) in [7, 11) is 0. The van der Waals surface area contributed by atoms with E-state index in [2.05, 4.69) is 5.32 Å². The number of carbonyl (C=O) groups excluding carboxylic acids is 1. The van der Waals surface area contributed by atoms with Crippen LogP contribution in [0.2, 0.25) is 0 Å². The topological polar surface area (TPSA) is 75.6 Å². The maximum atomic E-state index is 12.2. The molecule has 5 heteroatoms. The van der Waals surface area contributed by atoms with Crippen LogP contribution in [0.4, 0.5) is 5.69 Å². The lowest BCUT2D eigenvalue weighted by Crippen LogP contribution is -2.12. The number of nitrogens with one attached hydrogen (secondary N) is 1. The van der Waals surface area contributed by atoms with Crippen molar-refractivity contribution in [2.24, 2.45) is 0 Å². The Bertz CT molecular complexity index is 682. The van der Waals surface area contributed by atoms with Gasteiger partial charge in [0.15, 0.2) is 0 Å². The SMILES string of the molecule is CCCOc1cccc(C(=O)Nc2cccc(C(=O)O)c2)c1. The van der Waals surface area contributed by atoms with Crippen LogP contribution >= 0.6 is 0 Å². The molecule has 0 aliphatic carbocycles. The number of amides is 1. The van der Waals surface area contributed by atoms with E-state index in [-0.39, 0.29) is 11.5 Å². The number of aromatic carboxylic acids is 1. The fourth-order valence-corrected chi connectivity index (χ4v) is 1.88. The first-order valence-corrected chi connectivity index (χ1v) is 6.97. The predicted molar refractivity (Wildman–Crippen MR) is 83.6 cm³/mol. The molecule has 2 rings (SSSR count). The molecule has 5 nitrogen and oxygen atoms in total. The van der Waals surface area contributed by atoms with Gasteiger partial charge < -0.3 is 15.2 Å². The summed E-state index contributed by atoms with van der Waals surface area (Å²) >= 11 is 0. The summed E-state index contributed by atoms with van der Waals surface area (Å²) < 4.78 is 5.49. The Kier molecular flexibility index (Phi) is 5.14. The molecule has 22 heavy (non-hydrogen) atoms. The van der Waals surface area contributed by atoms with Crippen molar-refractivity contribution in [3.63, 3.8) is 0 Å². The van der Waals surface area contributed by atoms with E-state index in [1.165, 1.54) is 12.1 Å². The third-order valence-electron chi connectivity index (χ3n) is 2.94. The summed E-state index contributed by atoms with van der Waals surface area (Å²) in [4.78, 5) is 23.1. The summed E-state index contributed by atoms with van der Waals surface area (Å²) in [6, 6.07) is 13.0. The lowest BCUT2D eigenvalue weighted by molar-refractivity contribution is 0.0696. The predicted octanol–water partition coefficient (Wildman–Crippen LogP) is 3.43. The van der Waals surface area contributed by atoms with Gasteiger partial charge in [0.2, 0.25) is 0 Å². The van der Waals surface area contributed by atoms with E-state index in [9.17, 15) is 9.59 Å². The monoisotopic (exact) mass is 299 g/mol. The van der Waals surface area contributed by atoms with Crippen LogP contribution in [0.3, 0.4) is 0 Å². The van der Waals surface area contributed by atoms with Crippen LogP contribution < -0.4 is 10.1 Å². The van der Waals surface area contributed by atoms with Crippen molar-refractivity contribution in [1.82, 2.24) is 0 Å². The first-order valence-electron chi connectivity index (χ1n) is 6.97. The number of hydrogen-bond donors (Lipinski definition) is 2. The number of benzene rings is 2. The molecule has 114 valence electrons. The van der Waals surface area contributed by atoms with E-state index in [0.717, 1.165) is 6.42 Å². The third-order valence-corrected chi connectivity index (χ3v) is 2.94. The number of carbonyl (C=O) groups is 2. The fourth-order valence-electron chi connectivity index (χ4n) is 1.88. The normalized spacial score (nSPS) is 10.0. The lowest BCUT2D eigenvalue weighted by atomic mass is 10.1. The Morgan fingerprint density at radius 2 is 1.82 bits per heavy atom. The molecular formula is C17H17NO4. The fraction of sp³-hybridized carbons (Fsp3) is 0.176. The van der Waals surface area contributed by atoms with Gasteiger partial charge in [0.25, 0.3) is 5.91 Å². The van der Waals surface area contributed by atoms with Crippen molar-refractivity contribution in [2.75, 3.05) is 11.9 Å². The molecule has 0 fully saturated rings. The van der Waals surface area contributed by atoms with E-state index < -0.39 is 5.97 Å². The summed E-state index contributed by atoms with van der Waals surface area (Å²) in [5.41, 5.74) is 1.01. The van der Waals surface area contributed by atoms with Gasteiger partial charge in [-0.1, -0.05) is 19.1 Å². The van der Waals surface area contributed by atoms with Crippen molar-refractivity contribution in [2.45, 2.75) is 13.3 Å². The molecule has 2 N–H and O–H groups in total. The molecule has 0 saturated carbocycles. The molecule has 0 aliphatic rings. The highest BCUT2D eigenvalue weighted by atomic mass is 16.5. The van der Waals surface area contributed by atoms with Crippen LogP contribution in [-0.2, 0) is 0 Å². The van der Waals surface area contributed by atoms with Crippen LogP contribution in [0.25, 0.3) is 0 Å². The van der Waals surface area contributed by atoms with Gasteiger partial charge >= 0.3 is 5.97 Å². The molecule has 0 aromatic heterocycles. The molecule has 0 atom stereocenters. The van der Waals surface area contributed by atoms with E-state index >= 15 is 0 Å². The lowest BCUT2D eigenvalue weighted by Gasteiger charge is -2.08. The number of hydrogen-bond acceptors (Lipinski definition) is 3. The van der Waals surface area contributed by atoms with Gasteiger partial charge in [0, 0.05) is 11.3 Å². The molecule has 0 saturated heterocycles. The average molecular weight is 299 g/mol. The maximum absolute atomic E-state index is 12.2. The van der Waals surface area contributed by atoms with Gasteiger partial charge in [-0.25, -0.2) is 4.79 Å². The molecule has 0 radical (unpaired) electrons. The summed E-state index contributed by atoms with van der Waals surface area (Å²) in [5.74, 6) is -0.718. The van der Waals surface area contributed by atoms with Crippen molar-refractivity contribution in [3.05, 3.63) is 59.7 Å². The molecule has 1 amide bonds. The number of rotatable bonds is 6. The Labute approximate surface area is 128 Å². The molecule has 0 bridgehead atoms. The smallest absolute Gasteiger partial charge is 0.335 e. The average Bonchev–Trinajstić information content (AvgIpc) is 2.53. The Morgan fingerprint density at radius 3 is 2.55 bits per heavy atom. The maximum Gasteiger partial charge on any atom is 0.335 e. The van der Waals surface area contributed by atoms with Crippen LogP contribution in [-0.4, -0.2) is 23.6 Å². The van der Waals surface area contributed by atoms with Gasteiger partial charge in [-0.3, -0.25) is 4.79 Å². The molecule has 2 aromatic rings. The second kappa shape index (κ2) is 7.26.